The zero-order valence-corrected chi connectivity index (χ0v) is 18.2. The minimum absolute atomic E-state index is 1.25. The zero-order valence-electron chi connectivity index (χ0n) is 16.3. The molecule has 0 bridgehead atoms. The van der Waals surface area contributed by atoms with Gasteiger partial charge in [0.25, 0.3) is 0 Å². The highest BCUT2D eigenvalue weighted by Crippen LogP contribution is 2.16. The molecule has 0 spiro atoms. The highest BCUT2D eigenvalue weighted by Gasteiger charge is 2.16. The van der Waals surface area contributed by atoms with Gasteiger partial charge in [-0.05, 0) is 11.3 Å². The van der Waals surface area contributed by atoms with Crippen LogP contribution in [0.2, 0.25) is 19.1 Å². The Labute approximate surface area is 154 Å². The van der Waals surface area contributed by atoms with Crippen molar-refractivity contribution in [3.8, 4) is 10.8 Å². The summed E-state index contributed by atoms with van der Waals surface area (Å²) in [4.78, 5) is 0. The Hall–Kier alpha value is 0.127. The fraction of sp³-hybridized carbons (Fsp3) is 0.905. The third kappa shape index (κ3) is 18.3. The van der Waals surface area contributed by atoms with Crippen LogP contribution in [-0.4, -0.2) is 8.07 Å². The molecule has 0 N–H and O–H groups in total. The van der Waals surface area contributed by atoms with Gasteiger partial charge >= 0.3 is 0 Å². The molecule has 0 aromatic heterocycles. The van der Waals surface area contributed by atoms with Gasteiger partial charge in [0.1, 0.15) is 8.07 Å². The van der Waals surface area contributed by atoms with Crippen molar-refractivity contribution >= 4 is 20.7 Å². The lowest BCUT2D eigenvalue weighted by Crippen LogP contribution is -2.22. The third-order valence-electron chi connectivity index (χ3n) is 4.80. The number of hydrogen-bond acceptors (Lipinski definition) is 1. The number of rotatable bonds is 16. The predicted molar refractivity (Wildman–Crippen MR) is 114 cm³/mol. The first-order chi connectivity index (χ1) is 11.1. The number of unbranched alkanes of at least 4 members (excludes halogenated alkanes) is 14. The fourth-order valence-corrected chi connectivity index (χ4v) is 5.62. The van der Waals surface area contributed by atoms with Gasteiger partial charge in [-0.15, -0.1) is 5.54 Å². The molecule has 0 amide bonds. The Bertz CT molecular complexity index is 301. The topological polar surface area (TPSA) is 0 Å². The second kappa shape index (κ2) is 17.0. The molecule has 2 heteroatoms. The Morgan fingerprint density at radius 2 is 0.957 bits per heavy atom. The molecule has 0 heterocycles. The molecule has 0 aliphatic heterocycles. The van der Waals surface area contributed by atoms with Crippen LogP contribution in [0.5, 0.6) is 0 Å². The largest absolute Gasteiger partial charge is 0.133 e. The van der Waals surface area contributed by atoms with Crippen molar-refractivity contribution in [1.29, 1.82) is 0 Å². The standard InChI is InChI=1S/C21H42SSi/c1-4-5-6-7-8-9-10-11-12-13-14-15-16-17-18-20-23(2,3)21-19-22/h22H,4-18,20H2,1-3H3. The summed E-state index contributed by atoms with van der Waals surface area (Å²) in [6.45, 7) is 7.01. The van der Waals surface area contributed by atoms with Gasteiger partial charge in [-0.3, -0.25) is 0 Å². The van der Waals surface area contributed by atoms with E-state index in [2.05, 4.69) is 43.4 Å². The summed E-state index contributed by atoms with van der Waals surface area (Å²) in [7, 11) is -1.25. The second-order valence-electron chi connectivity index (χ2n) is 7.82. The van der Waals surface area contributed by atoms with Crippen LogP contribution >= 0.6 is 12.6 Å². The molecule has 0 unspecified atom stereocenters. The number of hydrogen-bond donors (Lipinski definition) is 1. The van der Waals surface area contributed by atoms with Crippen molar-refractivity contribution in [2.75, 3.05) is 0 Å². The van der Waals surface area contributed by atoms with E-state index in [4.69, 9.17) is 0 Å². The molecule has 23 heavy (non-hydrogen) atoms. The maximum Gasteiger partial charge on any atom is 0.133 e. The van der Waals surface area contributed by atoms with E-state index >= 15 is 0 Å². The lowest BCUT2D eigenvalue weighted by molar-refractivity contribution is 0.534. The smallest absolute Gasteiger partial charge is 0.120 e. The van der Waals surface area contributed by atoms with E-state index in [1.807, 2.05) is 0 Å². The molecule has 0 saturated heterocycles. The SMILES string of the molecule is CCCCCCCCCCCCCCCCC[Si](C)(C)C#CS. The summed E-state index contributed by atoms with van der Waals surface area (Å²) in [5, 5.41) is 2.82. The normalized spacial score (nSPS) is 11.3. The number of thiol groups is 1. The van der Waals surface area contributed by atoms with Gasteiger partial charge in [0.05, 0.1) is 0 Å². The molecule has 0 aromatic rings. The minimum Gasteiger partial charge on any atom is -0.120 e. The summed E-state index contributed by atoms with van der Waals surface area (Å²) in [5.41, 5.74) is 3.32. The van der Waals surface area contributed by atoms with Crippen molar-refractivity contribution in [3.05, 3.63) is 0 Å². The van der Waals surface area contributed by atoms with Crippen LogP contribution in [0.15, 0.2) is 0 Å². The van der Waals surface area contributed by atoms with E-state index in [1.165, 1.54) is 102 Å². The van der Waals surface area contributed by atoms with Crippen molar-refractivity contribution in [1.82, 2.24) is 0 Å². The Kier molecular flexibility index (Phi) is 17.1. The molecule has 0 nitrogen and oxygen atoms in total. The molecule has 0 radical (unpaired) electrons. The van der Waals surface area contributed by atoms with Crippen molar-refractivity contribution in [2.24, 2.45) is 0 Å². The van der Waals surface area contributed by atoms with E-state index in [9.17, 15) is 0 Å². The Morgan fingerprint density at radius 3 is 1.30 bits per heavy atom. The lowest BCUT2D eigenvalue weighted by atomic mass is 10.0. The second-order valence-corrected chi connectivity index (χ2v) is 12.6. The van der Waals surface area contributed by atoms with Crippen molar-refractivity contribution < 1.29 is 0 Å². The maximum absolute atomic E-state index is 4.04. The van der Waals surface area contributed by atoms with Gasteiger partial charge in [-0.25, -0.2) is 0 Å². The summed E-state index contributed by atoms with van der Waals surface area (Å²) in [6, 6.07) is 1.35. The van der Waals surface area contributed by atoms with Crippen LogP contribution in [0, 0.1) is 10.8 Å². The summed E-state index contributed by atoms with van der Waals surface area (Å²) >= 11 is 4.04. The molecule has 0 saturated carbocycles. The van der Waals surface area contributed by atoms with Crippen LogP contribution < -0.4 is 0 Å². The summed E-state index contributed by atoms with van der Waals surface area (Å²) in [6.07, 6.45) is 21.6. The predicted octanol–water partition coefficient (Wildman–Crippen LogP) is 8.00. The van der Waals surface area contributed by atoms with E-state index in [0.717, 1.165) is 0 Å². The maximum atomic E-state index is 4.04. The van der Waals surface area contributed by atoms with Crippen molar-refractivity contribution in [2.45, 2.75) is 122 Å². The third-order valence-corrected chi connectivity index (χ3v) is 7.53. The minimum atomic E-state index is -1.25. The summed E-state index contributed by atoms with van der Waals surface area (Å²) in [5.74, 6) is 0. The zero-order chi connectivity index (χ0) is 17.2. The first kappa shape index (κ1) is 23.1. The van der Waals surface area contributed by atoms with Crippen LogP contribution in [-0.2, 0) is 0 Å². The molecule has 0 rings (SSSR count). The van der Waals surface area contributed by atoms with Gasteiger partial charge in [0.15, 0.2) is 0 Å². The highest BCUT2D eigenvalue weighted by molar-refractivity contribution is 7.85. The van der Waals surface area contributed by atoms with Gasteiger partial charge in [0.2, 0.25) is 0 Å². The monoisotopic (exact) mass is 354 g/mol. The average molecular weight is 355 g/mol. The molecule has 0 aliphatic carbocycles. The molecule has 0 atom stereocenters. The van der Waals surface area contributed by atoms with Crippen LogP contribution in [0.3, 0.4) is 0 Å². The molecule has 136 valence electrons. The lowest BCUT2D eigenvalue weighted by Gasteiger charge is -2.13. The van der Waals surface area contributed by atoms with Crippen LogP contribution in [0.4, 0.5) is 0 Å². The van der Waals surface area contributed by atoms with Gasteiger partial charge in [-0.1, -0.05) is 129 Å². The highest BCUT2D eigenvalue weighted by atomic mass is 32.1. The molecular weight excluding hydrogens is 312 g/mol. The molecule has 0 aromatic carbocycles. The molecule has 0 fully saturated rings. The van der Waals surface area contributed by atoms with Crippen molar-refractivity contribution in [3.63, 3.8) is 0 Å². The van der Waals surface area contributed by atoms with Crippen LogP contribution in [0.25, 0.3) is 0 Å². The van der Waals surface area contributed by atoms with Gasteiger partial charge in [-0.2, -0.15) is 0 Å². The fourth-order valence-electron chi connectivity index (χ4n) is 3.15. The van der Waals surface area contributed by atoms with E-state index in [-0.39, 0.29) is 0 Å². The van der Waals surface area contributed by atoms with E-state index in [1.54, 1.807) is 0 Å². The first-order valence-electron chi connectivity index (χ1n) is 10.3. The quantitative estimate of drug-likeness (QED) is 0.123. The average Bonchev–Trinajstić information content (AvgIpc) is 2.51. The first-order valence-corrected chi connectivity index (χ1v) is 13.9. The van der Waals surface area contributed by atoms with Gasteiger partial charge < -0.3 is 0 Å². The Balaban J connectivity index is 3.15. The van der Waals surface area contributed by atoms with E-state index in [0.29, 0.717) is 0 Å². The van der Waals surface area contributed by atoms with Gasteiger partial charge in [0, 0.05) is 0 Å². The summed E-state index contributed by atoms with van der Waals surface area (Å²) < 4.78 is 0. The van der Waals surface area contributed by atoms with Crippen LogP contribution in [0.1, 0.15) is 103 Å². The molecule has 0 aliphatic rings. The molecular formula is C21H42SSi. The van der Waals surface area contributed by atoms with E-state index < -0.39 is 8.07 Å². The Morgan fingerprint density at radius 1 is 0.609 bits per heavy atom.